The lowest BCUT2D eigenvalue weighted by Gasteiger charge is -2.29. The molecule has 1 saturated carbocycles. The third kappa shape index (κ3) is 6.92. The Labute approximate surface area is 149 Å². The van der Waals surface area contributed by atoms with Crippen molar-refractivity contribution in [2.75, 3.05) is 19.5 Å². The number of hydrogen-bond acceptors (Lipinski definition) is 4. The van der Waals surface area contributed by atoms with Crippen molar-refractivity contribution >= 4 is 11.8 Å². The van der Waals surface area contributed by atoms with Gasteiger partial charge < -0.3 is 14.2 Å². The van der Waals surface area contributed by atoms with Crippen molar-refractivity contribution in [3.05, 3.63) is 24.3 Å². The molecule has 1 saturated heterocycles. The average molecular weight is 384 g/mol. The molecule has 144 valence electrons. The first kappa shape index (κ1) is 20.7. The second-order valence-electron chi connectivity index (χ2n) is 6.18. The number of ether oxygens (including phenoxy) is 3. The van der Waals surface area contributed by atoms with Crippen LogP contribution in [0.3, 0.4) is 0 Å². The van der Waals surface area contributed by atoms with E-state index in [1.807, 2.05) is 30.6 Å². The summed E-state index contributed by atoms with van der Waals surface area (Å²) in [6, 6.07) is 0. The third-order valence-corrected chi connectivity index (χ3v) is 5.22. The Morgan fingerprint density at radius 3 is 2.20 bits per heavy atom. The van der Waals surface area contributed by atoms with Gasteiger partial charge in [-0.3, -0.25) is 0 Å². The van der Waals surface area contributed by atoms with Crippen LogP contribution < -0.4 is 0 Å². The van der Waals surface area contributed by atoms with Crippen molar-refractivity contribution in [1.82, 2.24) is 0 Å². The quantitative estimate of drug-likeness (QED) is 0.472. The maximum atomic E-state index is 12.9. The molecule has 2 fully saturated rings. The molecule has 0 unspecified atom stereocenters. The molecule has 8 heteroatoms. The Hall–Kier alpha value is -0.570. The van der Waals surface area contributed by atoms with Crippen LogP contribution >= 0.6 is 11.8 Å². The van der Waals surface area contributed by atoms with E-state index in [2.05, 4.69) is 4.74 Å². The van der Waals surface area contributed by atoms with E-state index in [9.17, 15) is 17.6 Å². The van der Waals surface area contributed by atoms with Gasteiger partial charge in [0.2, 0.25) is 0 Å². The average Bonchev–Trinajstić information content (AvgIpc) is 2.60. The molecule has 2 aliphatic rings. The minimum absolute atomic E-state index is 0.235. The molecule has 2 rings (SSSR count). The van der Waals surface area contributed by atoms with Gasteiger partial charge in [0.25, 0.3) is 0 Å². The zero-order valence-corrected chi connectivity index (χ0v) is 14.9. The smallest absolute Gasteiger partial charge is 0.348 e. The minimum Gasteiger partial charge on any atom is -0.348 e. The van der Waals surface area contributed by atoms with Crippen LogP contribution in [0.2, 0.25) is 0 Å². The van der Waals surface area contributed by atoms with E-state index in [1.54, 1.807) is 11.8 Å². The SMILES string of the molecule is CSC1COC(/C=C/C=C/C2CCC(OC(F)(F)C(F)F)CC2)OC1. The van der Waals surface area contributed by atoms with Gasteiger partial charge in [-0.1, -0.05) is 18.2 Å². The van der Waals surface area contributed by atoms with Crippen molar-refractivity contribution in [2.24, 2.45) is 5.92 Å². The lowest BCUT2D eigenvalue weighted by Crippen LogP contribution is -2.36. The molecule has 0 N–H and O–H groups in total. The zero-order valence-electron chi connectivity index (χ0n) is 14.1. The first-order valence-corrected chi connectivity index (χ1v) is 9.64. The minimum atomic E-state index is -4.36. The van der Waals surface area contributed by atoms with Gasteiger partial charge >= 0.3 is 12.5 Å². The standard InChI is InChI=1S/C17H24F4O3S/c1-25-14-10-22-15(23-11-14)5-3-2-4-12-6-8-13(9-7-12)24-17(20,21)16(18)19/h2-5,12-16H,6-11H2,1H3/b4-2+,5-3+. The van der Waals surface area contributed by atoms with E-state index in [-0.39, 0.29) is 12.2 Å². The Balaban J connectivity index is 1.66. The summed E-state index contributed by atoms with van der Waals surface area (Å²) in [6.45, 7) is 1.32. The van der Waals surface area contributed by atoms with E-state index in [0.717, 1.165) is 0 Å². The molecule has 0 spiro atoms. The van der Waals surface area contributed by atoms with Gasteiger partial charge in [0, 0.05) is 0 Å². The summed E-state index contributed by atoms with van der Waals surface area (Å²) < 4.78 is 65.4. The first-order valence-electron chi connectivity index (χ1n) is 8.35. The number of thioether (sulfide) groups is 1. The summed E-state index contributed by atoms with van der Waals surface area (Å²) in [5.41, 5.74) is 0. The molecule has 0 radical (unpaired) electrons. The van der Waals surface area contributed by atoms with Gasteiger partial charge in [-0.15, -0.1) is 0 Å². The van der Waals surface area contributed by atoms with Gasteiger partial charge in [-0.2, -0.15) is 20.5 Å². The summed E-state index contributed by atoms with van der Waals surface area (Å²) in [5.74, 6) is 0.235. The lowest BCUT2D eigenvalue weighted by molar-refractivity contribution is -0.321. The third-order valence-electron chi connectivity index (χ3n) is 4.29. The summed E-state index contributed by atoms with van der Waals surface area (Å²) in [4.78, 5) is 0. The highest BCUT2D eigenvalue weighted by Gasteiger charge is 2.44. The fourth-order valence-electron chi connectivity index (χ4n) is 2.80. The number of allylic oxidation sites excluding steroid dienone is 3. The summed E-state index contributed by atoms with van der Waals surface area (Å²) in [6.07, 6.45) is 2.26. The Morgan fingerprint density at radius 1 is 1.04 bits per heavy atom. The molecule has 0 aromatic heterocycles. The summed E-state index contributed by atoms with van der Waals surface area (Å²) in [5, 5.41) is 0.370. The first-order chi connectivity index (χ1) is 11.9. The highest BCUT2D eigenvalue weighted by Crippen LogP contribution is 2.33. The Bertz CT molecular complexity index is 443. The van der Waals surface area contributed by atoms with Crippen LogP contribution in [-0.2, 0) is 14.2 Å². The molecular formula is C17H24F4O3S. The number of hydrogen-bond donors (Lipinski definition) is 0. The fraction of sp³-hybridized carbons (Fsp3) is 0.765. The number of rotatable bonds is 7. The summed E-state index contributed by atoms with van der Waals surface area (Å²) in [7, 11) is 0. The normalized spacial score (nSPS) is 32.1. The van der Waals surface area contributed by atoms with Crippen molar-refractivity contribution in [2.45, 2.75) is 55.9 Å². The van der Waals surface area contributed by atoms with Gasteiger partial charge in [0.05, 0.1) is 24.6 Å². The Kier molecular flexibility index (Phi) is 8.25. The van der Waals surface area contributed by atoms with E-state index in [0.29, 0.717) is 44.1 Å². The largest absolute Gasteiger partial charge is 0.416 e. The van der Waals surface area contributed by atoms with Crippen molar-refractivity contribution in [1.29, 1.82) is 0 Å². The number of halogens is 4. The maximum absolute atomic E-state index is 12.9. The van der Waals surface area contributed by atoms with Gasteiger partial charge in [0.15, 0.2) is 6.29 Å². The Morgan fingerprint density at radius 2 is 1.64 bits per heavy atom. The molecule has 1 heterocycles. The van der Waals surface area contributed by atoms with E-state index < -0.39 is 18.6 Å². The predicted molar refractivity (Wildman–Crippen MR) is 89.1 cm³/mol. The molecule has 0 amide bonds. The molecule has 0 aromatic carbocycles. The molecule has 3 nitrogen and oxygen atoms in total. The van der Waals surface area contributed by atoms with Crippen molar-refractivity contribution < 1.29 is 31.8 Å². The van der Waals surface area contributed by atoms with Crippen LogP contribution in [0.4, 0.5) is 17.6 Å². The topological polar surface area (TPSA) is 27.7 Å². The monoisotopic (exact) mass is 384 g/mol. The number of alkyl halides is 4. The van der Waals surface area contributed by atoms with Crippen LogP contribution in [0.25, 0.3) is 0 Å². The fourth-order valence-corrected chi connectivity index (χ4v) is 3.23. The molecule has 0 atom stereocenters. The highest BCUT2D eigenvalue weighted by atomic mass is 32.2. The van der Waals surface area contributed by atoms with Gasteiger partial charge in [-0.25, -0.2) is 8.78 Å². The van der Waals surface area contributed by atoms with Crippen LogP contribution in [0.5, 0.6) is 0 Å². The van der Waals surface area contributed by atoms with Gasteiger partial charge in [-0.05, 0) is 43.9 Å². The van der Waals surface area contributed by atoms with Crippen LogP contribution in [0.1, 0.15) is 25.7 Å². The molecule has 0 aromatic rings. The molecule has 1 aliphatic carbocycles. The molecular weight excluding hydrogens is 360 g/mol. The highest BCUT2D eigenvalue weighted by molar-refractivity contribution is 7.99. The molecule has 25 heavy (non-hydrogen) atoms. The maximum Gasteiger partial charge on any atom is 0.416 e. The summed E-state index contributed by atoms with van der Waals surface area (Å²) >= 11 is 1.71. The van der Waals surface area contributed by atoms with Crippen LogP contribution in [0.15, 0.2) is 24.3 Å². The van der Waals surface area contributed by atoms with Crippen molar-refractivity contribution in [3.63, 3.8) is 0 Å². The van der Waals surface area contributed by atoms with E-state index in [1.165, 1.54) is 0 Å². The zero-order chi connectivity index (χ0) is 18.3. The van der Waals surface area contributed by atoms with Crippen molar-refractivity contribution in [3.8, 4) is 0 Å². The molecule has 0 bridgehead atoms. The van der Waals surface area contributed by atoms with E-state index in [4.69, 9.17) is 9.47 Å². The predicted octanol–water partition coefficient (Wildman–Crippen LogP) is 4.64. The second kappa shape index (κ2) is 9.94. The van der Waals surface area contributed by atoms with E-state index >= 15 is 0 Å². The lowest BCUT2D eigenvalue weighted by atomic mass is 9.87. The van der Waals surface area contributed by atoms with Crippen LogP contribution in [-0.4, -0.2) is 49.6 Å². The van der Waals surface area contributed by atoms with Crippen LogP contribution in [0, 0.1) is 5.92 Å². The second-order valence-corrected chi connectivity index (χ2v) is 7.32. The van der Waals surface area contributed by atoms with Gasteiger partial charge in [0.1, 0.15) is 0 Å². The molecule has 1 aliphatic heterocycles.